The van der Waals surface area contributed by atoms with E-state index in [2.05, 4.69) is 28.4 Å². The zero-order valence-electron chi connectivity index (χ0n) is 12.2. The van der Waals surface area contributed by atoms with Gasteiger partial charge in [-0.3, -0.25) is 0 Å². The number of hydrogen-bond donors (Lipinski definition) is 1. The molecule has 0 spiro atoms. The van der Waals surface area contributed by atoms with E-state index in [0.29, 0.717) is 12.3 Å². The molecule has 3 aromatic rings. The molecule has 0 aliphatic rings. The van der Waals surface area contributed by atoms with Gasteiger partial charge in [-0.15, -0.1) is 0 Å². The van der Waals surface area contributed by atoms with Crippen molar-refractivity contribution >= 4 is 16.9 Å². The first-order valence-corrected chi connectivity index (χ1v) is 6.95. The van der Waals surface area contributed by atoms with Crippen LogP contribution in [0.15, 0.2) is 42.6 Å². The van der Waals surface area contributed by atoms with Crippen LogP contribution in [0.25, 0.3) is 11.2 Å². The molecule has 0 aliphatic carbocycles. The summed E-state index contributed by atoms with van der Waals surface area (Å²) >= 11 is 0. The number of benzene rings is 1. The third-order valence-electron chi connectivity index (χ3n) is 3.26. The van der Waals surface area contributed by atoms with Gasteiger partial charge in [0.05, 0.1) is 0 Å². The molecule has 0 amide bonds. The van der Waals surface area contributed by atoms with Crippen molar-refractivity contribution in [3.05, 3.63) is 48.4 Å². The molecule has 0 fully saturated rings. The molecule has 0 radical (unpaired) electrons. The molecule has 2 N–H and O–H groups in total. The Morgan fingerprint density at radius 2 is 2.10 bits per heavy atom. The maximum Gasteiger partial charge on any atom is 0.160 e. The van der Waals surface area contributed by atoms with E-state index in [1.807, 2.05) is 30.3 Å². The van der Waals surface area contributed by atoms with Gasteiger partial charge < -0.3 is 15.0 Å². The monoisotopic (exact) mass is 282 g/mol. The Morgan fingerprint density at radius 1 is 1.24 bits per heavy atom. The van der Waals surface area contributed by atoms with Crippen molar-refractivity contribution in [1.29, 1.82) is 0 Å². The number of nitrogens with zero attached hydrogens (tertiary/aromatic N) is 3. The van der Waals surface area contributed by atoms with Crippen molar-refractivity contribution in [2.75, 3.05) is 5.73 Å². The van der Waals surface area contributed by atoms with Crippen molar-refractivity contribution < 1.29 is 4.74 Å². The van der Waals surface area contributed by atoms with Gasteiger partial charge in [-0.25, -0.2) is 9.97 Å². The molecular formula is C16H18N4O. The number of fused-ring (bicyclic) bond motifs is 1. The smallest absolute Gasteiger partial charge is 0.160 e. The van der Waals surface area contributed by atoms with E-state index >= 15 is 0 Å². The quantitative estimate of drug-likeness (QED) is 0.746. The number of rotatable bonds is 4. The second-order valence-corrected chi connectivity index (χ2v) is 5.20. The minimum absolute atomic E-state index is 0.268. The molecule has 21 heavy (non-hydrogen) atoms. The summed E-state index contributed by atoms with van der Waals surface area (Å²) in [4.78, 5) is 9.03. The van der Waals surface area contributed by atoms with E-state index in [1.54, 1.807) is 12.3 Å². The Balaban J connectivity index is 1.91. The molecule has 0 unspecified atom stereocenters. The third-order valence-corrected chi connectivity index (χ3v) is 3.26. The minimum Gasteiger partial charge on any atom is -0.486 e. The van der Waals surface area contributed by atoms with Crippen LogP contribution in [-0.4, -0.2) is 14.5 Å². The second-order valence-electron chi connectivity index (χ2n) is 5.20. The predicted octanol–water partition coefficient (Wildman–Crippen LogP) is 3.17. The summed E-state index contributed by atoms with van der Waals surface area (Å²) in [6, 6.07) is 11.5. The lowest BCUT2D eigenvalue weighted by Gasteiger charge is -2.13. The van der Waals surface area contributed by atoms with Crippen molar-refractivity contribution in [2.24, 2.45) is 0 Å². The van der Waals surface area contributed by atoms with E-state index < -0.39 is 0 Å². The van der Waals surface area contributed by atoms with E-state index in [9.17, 15) is 0 Å². The molecule has 5 nitrogen and oxygen atoms in total. The van der Waals surface area contributed by atoms with Gasteiger partial charge in [-0.1, -0.05) is 6.07 Å². The Labute approximate surface area is 123 Å². The zero-order valence-corrected chi connectivity index (χ0v) is 12.2. The van der Waals surface area contributed by atoms with Gasteiger partial charge in [-0.05, 0) is 38.1 Å². The highest BCUT2D eigenvalue weighted by atomic mass is 16.5. The molecule has 5 heteroatoms. The molecule has 0 saturated carbocycles. The van der Waals surface area contributed by atoms with Crippen LogP contribution in [0.3, 0.4) is 0 Å². The number of nitrogens with two attached hydrogens (primary N) is 1. The fourth-order valence-corrected chi connectivity index (χ4v) is 2.37. The molecule has 3 rings (SSSR count). The number of ether oxygens (including phenoxy) is 1. The van der Waals surface area contributed by atoms with E-state index in [-0.39, 0.29) is 6.04 Å². The molecule has 0 aliphatic heterocycles. The average molecular weight is 282 g/mol. The largest absolute Gasteiger partial charge is 0.486 e. The fraction of sp³-hybridized carbons (Fsp3) is 0.250. The van der Waals surface area contributed by atoms with Gasteiger partial charge in [0.15, 0.2) is 5.65 Å². The number of hydrogen-bond acceptors (Lipinski definition) is 4. The SMILES string of the molecule is CC(C)n1c(COc2cccc(N)c2)nc2cccnc21. The standard InChI is InChI=1S/C16H18N4O/c1-11(2)20-15(19-14-7-4-8-18-16(14)20)10-21-13-6-3-5-12(17)9-13/h3-9,11H,10,17H2,1-2H3. The molecule has 108 valence electrons. The topological polar surface area (TPSA) is 66.0 Å². The summed E-state index contributed by atoms with van der Waals surface area (Å²) in [5.41, 5.74) is 8.22. The van der Waals surface area contributed by atoms with Crippen LogP contribution in [0.5, 0.6) is 5.75 Å². The fourth-order valence-electron chi connectivity index (χ4n) is 2.37. The first-order chi connectivity index (χ1) is 10.1. The van der Waals surface area contributed by atoms with E-state index in [1.165, 1.54) is 0 Å². The molecule has 2 aromatic heterocycles. The number of nitrogen functional groups attached to an aromatic ring is 1. The first-order valence-electron chi connectivity index (χ1n) is 6.95. The molecule has 2 heterocycles. The lowest BCUT2D eigenvalue weighted by molar-refractivity contribution is 0.287. The molecule has 1 aromatic carbocycles. The van der Waals surface area contributed by atoms with Crippen LogP contribution in [0.2, 0.25) is 0 Å². The van der Waals surface area contributed by atoms with Crippen LogP contribution in [0.1, 0.15) is 25.7 Å². The predicted molar refractivity (Wildman–Crippen MR) is 83.1 cm³/mol. The van der Waals surface area contributed by atoms with Crippen LogP contribution in [-0.2, 0) is 6.61 Å². The van der Waals surface area contributed by atoms with Crippen molar-refractivity contribution in [2.45, 2.75) is 26.5 Å². The van der Waals surface area contributed by atoms with Gasteiger partial charge >= 0.3 is 0 Å². The van der Waals surface area contributed by atoms with Crippen molar-refractivity contribution in [3.63, 3.8) is 0 Å². The van der Waals surface area contributed by atoms with E-state index in [4.69, 9.17) is 10.5 Å². The van der Waals surface area contributed by atoms with Crippen LogP contribution in [0, 0.1) is 0 Å². The summed E-state index contributed by atoms with van der Waals surface area (Å²) in [6.07, 6.45) is 1.78. The van der Waals surface area contributed by atoms with Crippen LogP contribution >= 0.6 is 0 Å². The zero-order chi connectivity index (χ0) is 14.8. The van der Waals surface area contributed by atoms with Crippen molar-refractivity contribution in [1.82, 2.24) is 14.5 Å². The summed E-state index contributed by atoms with van der Waals surface area (Å²) in [5.74, 6) is 1.60. The second kappa shape index (κ2) is 5.44. The third kappa shape index (κ3) is 2.67. The molecular weight excluding hydrogens is 264 g/mol. The lowest BCUT2D eigenvalue weighted by atomic mass is 10.3. The first kappa shape index (κ1) is 13.4. The normalized spacial score (nSPS) is 11.2. The molecule has 0 saturated heterocycles. The Kier molecular flexibility index (Phi) is 3.48. The Bertz CT molecular complexity index is 764. The van der Waals surface area contributed by atoms with Gasteiger partial charge in [0.2, 0.25) is 0 Å². The highest BCUT2D eigenvalue weighted by Gasteiger charge is 2.14. The van der Waals surface area contributed by atoms with Gasteiger partial charge in [0, 0.05) is 24.0 Å². The molecule has 0 atom stereocenters. The summed E-state index contributed by atoms with van der Waals surface area (Å²) in [5, 5.41) is 0. The van der Waals surface area contributed by atoms with Crippen LogP contribution < -0.4 is 10.5 Å². The Morgan fingerprint density at radius 3 is 2.86 bits per heavy atom. The maximum absolute atomic E-state index is 5.80. The van der Waals surface area contributed by atoms with Gasteiger partial charge in [0.1, 0.15) is 23.7 Å². The van der Waals surface area contributed by atoms with Gasteiger partial charge in [-0.2, -0.15) is 0 Å². The average Bonchev–Trinajstić information content (AvgIpc) is 2.83. The number of aromatic nitrogens is 3. The van der Waals surface area contributed by atoms with Crippen LogP contribution in [0.4, 0.5) is 5.69 Å². The number of imidazole rings is 1. The number of pyridine rings is 1. The summed E-state index contributed by atoms with van der Waals surface area (Å²) in [6.45, 7) is 4.61. The maximum atomic E-state index is 5.80. The minimum atomic E-state index is 0.268. The van der Waals surface area contributed by atoms with Gasteiger partial charge in [0.25, 0.3) is 0 Å². The highest BCUT2D eigenvalue weighted by Crippen LogP contribution is 2.21. The number of anilines is 1. The van der Waals surface area contributed by atoms with E-state index in [0.717, 1.165) is 22.7 Å². The summed E-state index contributed by atoms with van der Waals surface area (Å²) in [7, 11) is 0. The Hall–Kier alpha value is -2.56. The van der Waals surface area contributed by atoms with Crippen molar-refractivity contribution in [3.8, 4) is 5.75 Å². The molecule has 0 bridgehead atoms. The lowest BCUT2D eigenvalue weighted by Crippen LogP contribution is -2.09. The highest BCUT2D eigenvalue weighted by molar-refractivity contribution is 5.71. The summed E-state index contributed by atoms with van der Waals surface area (Å²) < 4.78 is 7.90.